The molecule has 0 radical (unpaired) electrons. The second-order valence-electron chi connectivity index (χ2n) is 3.75. The van der Waals surface area contributed by atoms with Gasteiger partial charge in [-0.3, -0.25) is 9.00 Å². The van der Waals surface area contributed by atoms with E-state index in [4.69, 9.17) is 5.14 Å². The zero-order valence-electron chi connectivity index (χ0n) is 10.0. The summed E-state index contributed by atoms with van der Waals surface area (Å²) in [6.45, 7) is 0.262. The number of primary sulfonamides is 1. The van der Waals surface area contributed by atoms with Gasteiger partial charge >= 0.3 is 0 Å². The maximum atomic E-state index is 11.7. The molecule has 0 aliphatic carbocycles. The van der Waals surface area contributed by atoms with Gasteiger partial charge in [0.05, 0.1) is 0 Å². The van der Waals surface area contributed by atoms with Crippen molar-refractivity contribution in [3.8, 4) is 0 Å². The second kappa shape index (κ2) is 5.63. The number of aromatic nitrogens is 1. The summed E-state index contributed by atoms with van der Waals surface area (Å²) in [6.07, 6.45) is 2.80. The molecule has 0 spiro atoms. The van der Waals surface area contributed by atoms with Crippen LogP contribution in [0.3, 0.4) is 0 Å². The molecule has 0 fully saturated rings. The van der Waals surface area contributed by atoms with Crippen molar-refractivity contribution in [3.63, 3.8) is 0 Å². The van der Waals surface area contributed by atoms with Crippen molar-refractivity contribution < 1.29 is 17.4 Å². The van der Waals surface area contributed by atoms with Gasteiger partial charge in [0.1, 0.15) is 10.6 Å². The molecule has 3 N–H and O–H groups in total. The van der Waals surface area contributed by atoms with Gasteiger partial charge in [0, 0.05) is 42.6 Å². The molecule has 1 amide bonds. The van der Waals surface area contributed by atoms with Crippen LogP contribution in [0, 0.1) is 0 Å². The summed E-state index contributed by atoms with van der Waals surface area (Å²) in [6, 6.07) is 1.20. The first-order chi connectivity index (χ1) is 8.21. The van der Waals surface area contributed by atoms with Crippen molar-refractivity contribution in [1.82, 2.24) is 9.88 Å². The Morgan fingerprint density at radius 2 is 2.17 bits per heavy atom. The minimum absolute atomic E-state index is 0.116. The van der Waals surface area contributed by atoms with E-state index in [0.29, 0.717) is 5.75 Å². The van der Waals surface area contributed by atoms with E-state index in [2.05, 4.69) is 5.32 Å². The van der Waals surface area contributed by atoms with Crippen molar-refractivity contribution in [2.45, 2.75) is 4.90 Å². The molecule has 0 saturated heterocycles. The average Bonchev–Trinajstić information content (AvgIpc) is 2.59. The largest absolute Gasteiger partial charge is 0.350 e. The first-order valence-corrected chi connectivity index (χ1v) is 8.26. The molecule has 9 heteroatoms. The van der Waals surface area contributed by atoms with Gasteiger partial charge in [-0.1, -0.05) is 0 Å². The number of aryl methyl sites for hydroxylation is 1. The van der Waals surface area contributed by atoms with E-state index < -0.39 is 26.7 Å². The normalized spacial score (nSPS) is 13.3. The SMILES string of the molecule is Cn1cc(S(N)(=O)=O)cc1C(=O)NCCS(C)=O. The van der Waals surface area contributed by atoms with Crippen LogP contribution in [-0.4, -0.2) is 41.7 Å². The lowest BCUT2D eigenvalue weighted by atomic mass is 10.4. The molecular formula is C9H15N3O4S2. The highest BCUT2D eigenvalue weighted by Gasteiger charge is 2.17. The van der Waals surface area contributed by atoms with E-state index in [1.807, 2.05) is 0 Å². The highest BCUT2D eigenvalue weighted by atomic mass is 32.2. The Hall–Kier alpha value is -1.19. The van der Waals surface area contributed by atoms with Gasteiger partial charge in [-0.25, -0.2) is 13.6 Å². The van der Waals surface area contributed by atoms with Gasteiger partial charge in [-0.15, -0.1) is 0 Å². The monoisotopic (exact) mass is 293 g/mol. The third kappa shape index (κ3) is 3.93. The summed E-state index contributed by atoms with van der Waals surface area (Å²) in [7, 11) is -3.27. The van der Waals surface area contributed by atoms with Crippen LogP contribution < -0.4 is 10.5 Å². The lowest BCUT2D eigenvalue weighted by Crippen LogP contribution is -2.28. The summed E-state index contributed by atoms with van der Waals surface area (Å²) < 4.78 is 34.4. The zero-order chi connectivity index (χ0) is 13.9. The first kappa shape index (κ1) is 14.9. The molecule has 1 aromatic rings. The Kier molecular flexibility index (Phi) is 4.65. The molecular weight excluding hydrogens is 278 g/mol. The lowest BCUT2D eigenvalue weighted by Gasteiger charge is -2.04. The molecule has 1 aromatic heterocycles. The summed E-state index contributed by atoms with van der Waals surface area (Å²) >= 11 is 0. The topological polar surface area (TPSA) is 111 Å². The summed E-state index contributed by atoms with van der Waals surface area (Å²) in [5, 5.41) is 7.51. The van der Waals surface area contributed by atoms with E-state index in [9.17, 15) is 17.4 Å². The molecule has 18 heavy (non-hydrogen) atoms. The Morgan fingerprint density at radius 3 is 2.61 bits per heavy atom. The van der Waals surface area contributed by atoms with E-state index in [1.165, 1.54) is 23.1 Å². The van der Waals surface area contributed by atoms with E-state index in [-0.39, 0.29) is 17.1 Å². The number of rotatable bonds is 5. The average molecular weight is 293 g/mol. The highest BCUT2D eigenvalue weighted by molar-refractivity contribution is 7.89. The van der Waals surface area contributed by atoms with Gasteiger partial charge in [-0.05, 0) is 6.07 Å². The van der Waals surface area contributed by atoms with Gasteiger partial charge < -0.3 is 9.88 Å². The molecule has 0 aliphatic heterocycles. The van der Waals surface area contributed by atoms with Crippen LogP contribution in [0.2, 0.25) is 0 Å². The van der Waals surface area contributed by atoms with Gasteiger partial charge in [0.25, 0.3) is 5.91 Å². The van der Waals surface area contributed by atoms with Gasteiger partial charge in [0.2, 0.25) is 10.0 Å². The van der Waals surface area contributed by atoms with Crippen LogP contribution in [0.15, 0.2) is 17.2 Å². The predicted octanol–water partition coefficient (Wildman–Crippen LogP) is -1.22. The maximum Gasteiger partial charge on any atom is 0.267 e. The van der Waals surface area contributed by atoms with E-state index in [0.717, 1.165) is 0 Å². The van der Waals surface area contributed by atoms with Crippen molar-refractivity contribution in [2.75, 3.05) is 18.6 Å². The van der Waals surface area contributed by atoms with Crippen LogP contribution in [-0.2, 0) is 27.9 Å². The number of nitrogens with zero attached hydrogens (tertiary/aromatic N) is 1. The fraction of sp³-hybridized carbons (Fsp3) is 0.444. The molecule has 1 heterocycles. The molecule has 1 rings (SSSR count). The molecule has 1 unspecified atom stereocenters. The van der Waals surface area contributed by atoms with Crippen LogP contribution in [0.25, 0.3) is 0 Å². The van der Waals surface area contributed by atoms with Crippen molar-refractivity contribution in [3.05, 3.63) is 18.0 Å². The Labute approximate surface area is 108 Å². The molecule has 0 aliphatic rings. The quantitative estimate of drug-likeness (QED) is 0.708. The number of sulfonamides is 1. The number of hydrogen-bond donors (Lipinski definition) is 2. The number of amides is 1. The minimum Gasteiger partial charge on any atom is -0.350 e. The maximum absolute atomic E-state index is 11.7. The minimum atomic E-state index is -3.82. The first-order valence-electron chi connectivity index (χ1n) is 4.99. The smallest absolute Gasteiger partial charge is 0.267 e. The van der Waals surface area contributed by atoms with Crippen LogP contribution >= 0.6 is 0 Å². The van der Waals surface area contributed by atoms with Crippen molar-refractivity contribution >= 4 is 26.7 Å². The molecule has 1 atom stereocenters. The molecule has 0 aromatic carbocycles. The lowest BCUT2D eigenvalue weighted by molar-refractivity contribution is 0.0948. The Balaban J connectivity index is 2.81. The molecule has 0 bridgehead atoms. The third-order valence-electron chi connectivity index (χ3n) is 2.22. The number of carbonyl (C=O) groups is 1. The summed E-state index contributed by atoms with van der Waals surface area (Å²) in [5.74, 6) is -0.0871. The highest BCUT2D eigenvalue weighted by Crippen LogP contribution is 2.11. The van der Waals surface area contributed by atoms with Crippen molar-refractivity contribution in [1.29, 1.82) is 0 Å². The number of hydrogen-bond acceptors (Lipinski definition) is 4. The predicted molar refractivity (Wildman–Crippen MR) is 68.1 cm³/mol. The summed E-state index contributed by atoms with van der Waals surface area (Å²) in [5.41, 5.74) is 0.181. The van der Waals surface area contributed by atoms with Gasteiger partial charge in [-0.2, -0.15) is 0 Å². The molecule has 7 nitrogen and oxygen atoms in total. The number of nitrogens with two attached hydrogens (primary N) is 1. The fourth-order valence-corrected chi connectivity index (χ4v) is 2.28. The zero-order valence-corrected chi connectivity index (χ0v) is 11.7. The Bertz CT molecular complexity index is 577. The second-order valence-corrected chi connectivity index (χ2v) is 6.87. The van der Waals surface area contributed by atoms with Crippen molar-refractivity contribution in [2.24, 2.45) is 12.2 Å². The van der Waals surface area contributed by atoms with E-state index in [1.54, 1.807) is 7.05 Å². The number of carbonyl (C=O) groups excluding carboxylic acids is 1. The molecule has 0 saturated carbocycles. The van der Waals surface area contributed by atoms with Crippen LogP contribution in [0.1, 0.15) is 10.5 Å². The fourth-order valence-electron chi connectivity index (χ4n) is 1.31. The standard InChI is InChI=1S/C9H15N3O4S2/c1-12-6-7(18(10,15)16)5-8(12)9(13)11-3-4-17(2)14/h5-6H,3-4H2,1-2H3,(H,11,13)(H2,10,15,16). The number of nitrogens with one attached hydrogen (secondary N) is 1. The summed E-state index contributed by atoms with van der Waals surface area (Å²) in [4.78, 5) is 11.6. The van der Waals surface area contributed by atoms with Crippen LogP contribution in [0.5, 0.6) is 0 Å². The molecule has 102 valence electrons. The Morgan fingerprint density at radius 1 is 1.56 bits per heavy atom. The van der Waals surface area contributed by atoms with Gasteiger partial charge in [0.15, 0.2) is 0 Å². The third-order valence-corrected chi connectivity index (χ3v) is 3.88. The van der Waals surface area contributed by atoms with E-state index >= 15 is 0 Å². The van der Waals surface area contributed by atoms with Crippen LogP contribution in [0.4, 0.5) is 0 Å².